The highest BCUT2D eigenvalue weighted by Crippen LogP contribution is 2.28. The number of nitrogens with one attached hydrogen (secondary N) is 1. The first-order valence-corrected chi connectivity index (χ1v) is 9.08. The summed E-state index contributed by atoms with van der Waals surface area (Å²) in [5, 5.41) is 2.88. The molecule has 28 heavy (non-hydrogen) atoms. The topological polar surface area (TPSA) is 58.6 Å². The summed E-state index contributed by atoms with van der Waals surface area (Å²) >= 11 is 0. The number of hydrogen-bond donors (Lipinski definition) is 1. The number of carbonyl (C=O) groups is 2. The van der Waals surface area contributed by atoms with E-state index >= 15 is 0 Å². The van der Waals surface area contributed by atoms with E-state index in [-0.39, 0.29) is 11.8 Å². The third-order valence-electron chi connectivity index (χ3n) is 4.78. The van der Waals surface area contributed by atoms with Gasteiger partial charge in [-0.2, -0.15) is 0 Å². The summed E-state index contributed by atoms with van der Waals surface area (Å²) in [5.41, 5.74) is 4.06. The zero-order valence-corrected chi connectivity index (χ0v) is 15.5. The molecule has 3 aromatic carbocycles. The second-order valence-electron chi connectivity index (χ2n) is 6.73. The van der Waals surface area contributed by atoms with Crippen molar-refractivity contribution < 1.29 is 14.3 Å². The fourth-order valence-electron chi connectivity index (χ4n) is 3.19. The first kappa shape index (κ1) is 17.8. The van der Waals surface area contributed by atoms with Gasteiger partial charge in [-0.3, -0.25) is 9.59 Å². The molecule has 0 aromatic heterocycles. The van der Waals surface area contributed by atoms with Crippen molar-refractivity contribution in [3.63, 3.8) is 0 Å². The lowest BCUT2D eigenvalue weighted by molar-refractivity contribution is -0.117. The summed E-state index contributed by atoms with van der Waals surface area (Å²) in [6, 6.07) is 22.6. The number of amides is 2. The molecule has 0 atom stereocenters. The van der Waals surface area contributed by atoms with Crippen molar-refractivity contribution in [1.82, 2.24) is 0 Å². The average molecular weight is 372 g/mol. The zero-order chi connectivity index (χ0) is 19.5. The highest BCUT2D eigenvalue weighted by Gasteiger charge is 2.24. The second-order valence-corrected chi connectivity index (χ2v) is 6.73. The van der Waals surface area contributed by atoms with Crippen molar-refractivity contribution in [2.45, 2.75) is 13.0 Å². The predicted molar refractivity (Wildman–Crippen MR) is 109 cm³/mol. The van der Waals surface area contributed by atoms with Crippen molar-refractivity contribution in [3.05, 3.63) is 89.5 Å². The minimum Gasteiger partial charge on any atom is -0.489 e. The summed E-state index contributed by atoms with van der Waals surface area (Å²) in [4.78, 5) is 25.9. The predicted octanol–water partition coefficient (Wildman–Crippen LogP) is 4.04. The molecule has 5 nitrogen and oxygen atoms in total. The van der Waals surface area contributed by atoms with E-state index in [1.165, 1.54) is 0 Å². The number of hydrogen-bond acceptors (Lipinski definition) is 3. The Morgan fingerprint density at radius 2 is 1.79 bits per heavy atom. The van der Waals surface area contributed by atoms with Crippen LogP contribution in [0, 0.1) is 0 Å². The van der Waals surface area contributed by atoms with Crippen molar-refractivity contribution in [2.24, 2.45) is 0 Å². The molecular weight excluding hydrogens is 352 g/mol. The van der Waals surface area contributed by atoms with E-state index < -0.39 is 0 Å². The molecule has 0 spiro atoms. The first-order valence-electron chi connectivity index (χ1n) is 9.08. The van der Waals surface area contributed by atoms with Crippen LogP contribution < -0.4 is 15.0 Å². The number of likely N-dealkylation sites (N-methyl/N-ethyl adjacent to an activating group) is 1. The molecule has 0 saturated heterocycles. The maximum atomic E-state index is 12.5. The normalized spacial score (nSPS) is 12.6. The van der Waals surface area contributed by atoms with E-state index in [1.54, 1.807) is 24.1 Å². The van der Waals surface area contributed by atoms with Crippen LogP contribution in [0.2, 0.25) is 0 Å². The molecule has 0 aliphatic carbocycles. The van der Waals surface area contributed by atoms with E-state index in [0.29, 0.717) is 24.3 Å². The first-order chi connectivity index (χ1) is 13.6. The molecule has 1 aliphatic heterocycles. The van der Waals surface area contributed by atoms with Crippen molar-refractivity contribution in [1.29, 1.82) is 0 Å². The van der Waals surface area contributed by atoms with Gasteiger partial charge in [0.15, 0.2) is 0 Å². The maximum absolute atomic E-state index is 12.5. The Kier molecular flexibility index (Phi) is 4.81. The van der Waals surface area contributed by atoms with E-state index in [9.17, 15) is 9.59 Å². The van der Waals surface area contributed by atoms with E-state index in [0.717, 1.165) is 22.6 Å². The third-order valence-corrected chi connectivity index (χ3v) is 4.78. The van der Waals surface area contributed by atoms with Crippen LogP contribution in [0.4, 0.5) is 11.4 Å². The fraction of sp³-hybridized carbons (Fsp3) is 0.130. The van der Waals surface area contributed by atoms with Gasteiger partial charge in [-0.15, -0.1) is 0 Å². The van der Waals surface area contributed by atoms with Crippen LogP contribution in [0.1, 0.15) is 21.5 Å². The fourth-order valence-corrected chi connectivity index (χ4v) is 3.19. The molecule has 1 N–H and O–H groups in total. The molecule has 4 rings (SSSR count). The minimum atomic E-state index is -0.206. The number of nitrogens with zero attached hydrogens (tertiary/aromatic N) is 1. The van der Waals surface area contributed by atoms with Gasteiger partial charge in [-0.05, 0) is 53.6 Å². The van der Waals surface area contributed by atoms with E-state index in [4.69, 9.17) is 4.74 Å². The van der Waals surface area contributed by atoms with Crippen molar-refractivity contribution in [3.8, 4) is 5.75 Å². The molecule has 1 heterocycles. The number of carbonyl (C=O) groups excluding carboxylic acids is 2. The van der Waals surface area contributed by atoms with Gasteiger partial charge in [0.1, 0.15) is 12.4 Å². The molecule has 0 saturated carbocycles. The Bertz CT molecular complexity index is 1010. The monoisotopic (exact) mass is 372 g/mol. The molecular formula is C23H20N2O3. The van der Waals surface area contributed by atoms with Gasteiger partial charge < -0.3 is 15.0 Å². The highest BCUT2D eigenvalue weighted by molar-refractivity contribution is 6.07. The largest absolute Gasteiger partial charge is 0.489 e. The molecule has 5 heteroatoms. The Labute approximate surface area is 163 Å². The molecule has 0 radical (unpaired) electrons. The molecule has 2 amide bonds. The summed E-state index contributed by atoms with van der Waals surface area (Å²) < 4.78 is 5.76. The highest BCUT2D eigenvalue weighted by atomic mass is 16.5. The van der Waals surface area contributed by atoms with Crippen LogP contribution in [0.15, 0.2) is 72.8 Å². The van der Waals surface area contributed by atoms with E-state index in [2.05, 4.69) is 5.32 Å². The molecule has 0 bridgehead atoms. The zero-order valence-electron chi connectivity index (χ0n) is 15.5. The van der Waals surface area contributed by atoms with Crippen LogP contribution in [0.3, 0.4) is 0 Å². The quantitative estimate of drug-likeness (QED) is 0.735. The third kappa shape index (κ3) is 3.74. The number of fused-ring (bicyclic) bond motifs is 1. The standard InChI is InChI=1S/C23H20N2O3/c1-25-21-12-7-17(13-18(21)14-22(25)26)23(27)24-19-8-10-20(11-9-19)28-15-16-5-3-2-4-6-16/h2-13H,14-15H2,1H3,(H,24,27). The van der Waals surface area contributed by atoms with Crippen LogP contribution in [0.5, 0.6) is 5.75 Å². The molecule has 1 aliphatic rings. The lowest BCUT2D eigenvalue weighted by Gasteiger charge is -2.11. The van der Waals surface area contributed by atoms with Crippen LogP contribution in [-0.2, 0) is 17.8 Å². The van der Waals surface area contributed by atoms with Gasteiger partial charge >= 0.3 is 0 Å². The smallest absolute Gasteiger partial charge is 0.255 e. The molecule has 0 fully saturated rings. The van der Waals surface area contributed by atoms with Crippen LogP contribution in [-0.4, -0.2) is 18.9 Å². The lowest BCUT2D eigenvalue weighted by atomic mass is 10.1. The Hall–Kier alpha value is -3.60. The molecule has 3 aromatic rings. The second kappa shape index (κ2) is 7.56. The summed E-state index contributed by atoms with van der Waals surface area (Å²) in [6.07, 6.45) is 0.334. The minimum absolute atomic E-state index is 0.0404. The maximum Gasteiger partial charge on any atom is 0.255 e. The van der Waals surface area contributed by atoms with Gasteiger partial charge in [-0.25, -0.2) is 0 Å². The van der Waals surface area contributed by atoms with Crippen LogP contribution in [0.25, 0.3) is 0 Å². The van der Waals surface area contributed by atoms with Crippen molar-refractivity contribution in [2.75, 3.05) is 17.3 Å². The Balaban J connectivity index is 1.38. The van der Waals surface area contributed by atoms with Gasteiger partial charge in [-0.1, -0.05) is 30.3 Å². The van der Waals surface area contributed by atoms with Gasteiger partial charge in [0, 0.05) is 24.0 Å². The van der Waals surface area contributed by atoms with Gasteiger partial charge in [0.05, 0.1) is 6.42 Å². The summed E-state index contributed by atoms with van der Waals surface area (Å²) in [5.74, 6) is 0.572. The van der Waals surface area contributed by atoms with Gasteiger partial charge in [0.2, 0.25) is 5.91 Å². The number of rotatable bonds is 5. The van der Waals surface area contributed by atoms with E-state index in [1.807, 2.05) is 60.7 Å². The lowest BCUT2D eigenvalue weighted by Crippen LogP contribution is -2.20. The number of anilines is 2. The summed E-state index contributed by atoms with van der Waals surface area (Å²) in [7, 11) is 1.75. The Morgan fingerprint density at radius 1 is 1.04 bits per heavy atom. The van der Waals surface area contributed by atoms with Crippen LogP contribution >= 0.6 is 0 Å². The SMILES string of the molecule is CN1C(=O)Cc2cc(C(=O)Nc3ccc(OCc4ccccc4)cc3)ccc21. The van der Waals surface area contributed by atoms with Gasteiger partial charge in [0.25, 0.3) is 5.91 Å². The molecule has 0 unspecified atom stereocenters. The average Bonchev–Trinajstić information content (AvgIpc) is 3.01. The summed E-state index contributed by atoms with van der Waals surface area (Å²) in [6.45, 7) is 0.495. The molecule has 140 valence electrons. The Morgan fingerprint density at radius 3 is 2.54 bits per heavy atom. The number of ether oxygens (including phenoxy) is 1. The number of benzene rings is 3. The van der Waals surface area contributed by atoms with Crippen molar-refractivity contribution >= 4 is 23.2 Å².